The van der Waals surface area contributed by atoms with Gasteiger partial charge < -0.3 is 4.74 Å². The van der Waals surface area contributed by atoms with Crippen LogP contribution in [-0.4, -0.2) is 33.1 Å². The number of hydrogen-bond acceptors (Lipinski definition) is 5. The highest BCUT2D eigenvalue weighted by Crippen LogP contribution is 2.22. The maximum atomic E-state index is 11.4. The molecule has 0 amide bonds. The third-order valence-electron chi connectivity index (χ3n) is 2.20. The van der Waals surface area contributed by atoms with Crippen molar-refractivity contribution in [2.45, 2.75) is 6.92 Å². The van der Waals surface area contributed by atoms with Crippen LogP contribution >= 0.6 is 11.6 Å². The number of carbonyl (C=O) groups excluding carboxylic acids is 1. The van der Waals surface area contributed by atoms with E-state index < -0.39 is 5.97 Å². The van der Waals surface area contributed by atoms with Crippen molar-refractivity contribution in [3.05, 3.63) is 34.7 Å². The highest BCUT2D eigenvalue weighted by Gasteiger charge is 2.20. The van der Waals surface area contributed by atoms with E-state index in [0.717, 1.165) is 0 Å². The molecule has 7 heteroatoms. The molecule has 6 nitrogen and oxygen atoms in total. The molecular formula is C10H9ClN4O2. The van der Waals surface area contributed by atoms with Crippen LogP contribution in [0.3, 0.4) is 0 Å². The number of carbonyl (C=O) groups is 1. The Morgan fingerprint density at radius 2 is 2.29 bits per heavy atom. The molecule has 0 aliphatic rings. The van der Waals surface area contributed by atoms with Crippen LogP contribution in [0.5, 0.6) is 0 Å². The van der Waals surface area contributed by atoms with Crippen molar-refractivity contribution in [2.24, 2.45) is 0 Å². The lowest BCUT2D eigenvalue weighted by Gasteiger charge is -2.00. The average Bonchev–Trinajstić information content (AvgIpc) is 2.67. The topological polar surface area (TPSA) is 69.9 Å². The zero-order valence-electron chi connectivity index (χ0n) is 9.22. The molecule has 88 valence electrons. The smallest absolute Gasteiger partial charge is 0.360 e. The van der Waals surface area contributed by atoms with Crippen molar-refractivity contribution in [3.8, 4) is 5.82 Å². The Labute approximate surface area is 102 Å². The van der Waals surface area contributed by atoms with Crippen molar-refractivity contribution in [1.82, 2.24) is 20.0 Å². The van der Waals surface area contributed by atoms with E-state index in [4.69, 9.17) is 11.6 Å². The molecule has 0 aliphatic heterocycles. The molecule has 0 saturated heterocycles. The number of rotatable bonds is 2. The van der Waals surface area contributed by atoms with Gasteiger partial charge in [-0.05, 0) is 19.1 Å². The first-order valence-electron chi connectivity index (χ1n) is 4.76. The maximum absolute atomic E-state index is 11.4. The molecule has 17 heavy (non-hydrogen) atoms. The van der Waals surface area contributed by atoms with Crippen molar-refractivity contribution >= 4 is 17.6 Å². The third kappa shape index (κ3) is 1.99. The summed E-state index contributed by atoms with van der Waals surface area (Å²) < 4.78 is 6.03. The van der Waals surface area contributed by atoms with E-state index in [9.17, 15) is 4.79 Å². The van der Waals surface area contributed by atoms with Crippen LogP contribution < -0.4 is 0 Å². The Hall–Kier alpha value is -1.95. The molecule has 2 rings (SSSR count). The van der Waals surface area contributed by atoms with Crippen molar-refractivity contribution in [3.63, 3.8) is 0 Å². The number of methoxy groups -OCH3 is 1. The standard InChI is InChI=1S/C10H9ClN4O2/c1-6-8(11)9(10(16)17-2)14-15(6)7-4-3-5-12-13-7/h3-5H,1-2H3. The van der Waals surface area contributed by atoms with Gasteiger partial charge in [-0.3, -0.25) is 0 Å². The van der Waals surface area contributed by atoms with Gasteiger partial charge in [0.25, 0.3) is 0 Å². The molecule has 2 heterocycles. The van der Waals surface area contributed by atoms with Crippen LogP contribution in [0.15, 0.2) is 18.3 Å². The summed E-state index contributed by atoms with van der Waals surface area (Å²) in [6, 6.07) is 3.43. The minimum atomic E-state index is -0.583. The van der Waals surface area contributed by atoms with Crippen molar-refractivity contribution < 1.29 is 9.53 Å². The minimum Gasteiger partial charge on any atom is -0.464 e. The van der Waals surface area contributed by atoms with Gasteiger partial charge in [-0.15, -0.1) is 5.10 Å². The van der Waals surface area contributed by atoms with Gasteiger partial charge in [-0.25, -0.2) is 9.48 Å². The molecule has 0 bridgehead atoms. The Morgan fingerprint density at radius 3 is 2.88 bits per heavy atom. The highest BCUT2D eigenvalue weighted by atomic mass is 35.5. The number of halogens is 1. The molecular weight excluding hydrogens is 244 g/mol. The molecule has 0 aliphatic carbocycles. The van der Waals surface area contributed by atoms with E-state index in [-0.39, 0.29) is 10.7 Å². The molecule has 0 unspecified atom stereocenters. The first-order valence-corrected chi connectivity index (χ1v) is 5.14. The Balaban J connectivity index is 2.54. The molecule has 0 aromatic carbocycles. The molecule has 0 N–H and O–H groups in total. The fourth-order valence-electron chi connectivity index (χ4n) is 1.34. The summed E-state index contributed by atoms with van der Waals surface area (Å²) in [6.45, 7) is 1.73. The van der Waals surface area contributed by atoms with Crippen LogP contribution in [0.4, 0.5) is 0 Å². The second-order valence-electron chi connectivity index (χ2n) is 3.23. The zero-order chi connectivity index (χ0) is 12.4. The SMILES string of the molecule is COC(=O)c1nn(-c2cccnn2)c(C)c1Cl. The third-order valence-corrected chi connectivity index (χ3v) is 2.65. The van der Waals surface area contributed by atoms with Crippen LogP contribution in [-0.2, 0) is 4.74 Å². The lowest BCUT2D eigenvalue weighted by Crippen LogP contribution is -2.06. The second kappa shape index (κ2) is 4.50. The number of hydrogen-bond donors (Lipinski definition) is 0. The van der Waals surface area contributed by atoms with Gasteiger partial charge in [-0.1, -0.05) is 11.6 Å². The first kappa shape index (κ1) is 11.5. The normalized spacial score (nSPS) is 10.3. The predicted octanol–water partition coefficient (Wildman–Crippen LogP) is 1.41. The van der Waals surface area contributed by atoms with E-state index in [1.807, 2.05) is 0 Å². The van der Waals surface area contributed by atoms with Gasteiger partial charge in [0, 0.05) is 6.20 Å². The Morgan fingerprint density at radius 1 is 1.53 bits per heavy atom. The summed E-state index contributed by atoms with van der Waals surface area (Å²) in [4.78, 5) is 11.4. The fourth-order valence-corrected chi connectivity index (χ4v) is 1.53. The van der Waals surface area contributed by atoms with Gasteiger partial charge in [0.15, 0.2) is 11.5 Å². The van der Waals surface area contributed by atoms with Gasteiger partial charge in [0.2, 0.25) is 0 Å². The Kier molecular flexibility index (Phi) is 3.06. The summed E-state index contributed by atoms with van der Waals surface area (Å²) >= 11 is 6.01. The van der Waals surface area contributed by atoms with Gasteiger partial charge >= 0.3 is 5.97 Å². The highest BCUT2D eigenvalue weighted by molar-refractivity contribution is 6.34. The molecule has 0 spiro atoms. The van der Waals surface area contributed by atoms with E-state index in [0.29, 0.717) is 11.5 Å². The molecule has 0 atom stereocenters. The summed E-state index contributed by atoms with van der Waals surface area (Å²) in [5.74, 6) is -0.0946. The Bertz CT molecular complexity index is 553. The summed E-state index contributed by atoms with van der Waals surface area (Å²) in [7, 11) is 1.27. The molecule has 0 radical (unpaired) electrons. The predicted molar refractivity (Wildman–Crippen MR) is 60.2 cm³/mol. The van der Waals surface area contributed by atoms with Gasteiger partial charge in [-0.2, -0.15) is 10.2 Å². The zero-order valence-corrected chi connectivity index (χ0v) is 9.97. The van der Waals surface area contributed by atoms with Crippen LogP contribution in [0, 0.1) is 6.92 Å². The van der Waals surface area contributed by atoms with Crippen LogP contribution in [0.1, 0.15) is 16.2 Å². The lowest BCUT2D eigenvalue weighted by atomic mass is 10.3. The number of nitrogens with zero attached hydrogens (tertiary/aromatic N) is 4. The average molecular weight is 253 g/mol. The van der Waals surface area contributed by atoms with Gasteiger partial charge in [0.05, 0.1) is 17.8 Å². The first-order chi connectivity index (χ1) is 8.15. The van der Waals surface area contributed by atoms with Crippen LogP contribution in [0.2, 0.25) is 5.02 Å². The number of ether oxygens (including phenoxy) is 1. The fraction of sp³-hybridized carbons (Fsp3) is 0.200. The quantitative estimate of drug-likeness (QED) is 0.756. The maximum Gasteiger partial charge on any atom is 0.360 e. The number of aromatic nitrogens is 4. The monoisotopic (exact) mass is 252 g/mol. The largest absolute Gasteiger partial charge is 0.464 e. The molecule has 0 fully saturated rings. The minimum absolute atomic E-state index is 0.0670. The molecule has 2 aromatic rings. The van der Waals surface area contributed by atoms with E-state index in [1.165, 1.54) is 11.8 Å². The molecule has 2 aromatic heterocycles. The van der Waals surface area contributed by atoms with Gasteiger partial charge in [0.1, 0.15) is 0 Å². The summed E-state index contributed by atoms with van der Waals surface area (Å²) in [6.07, 6.45) is 1.55. The second-order valence-corrected chi connectivity index (χ2v) is 3.61. The summed E-state index contributed by atoms with van der Waals surface area (Å²) in [5.41, 5.74) is 0.671. The lowest BCUT2D eigenvalue weighted by molar-refractivity contribution is 0.0593. The van der Waals surface area contributed by atoms with E-state index >= 15 is 0 Å². The molecule has 0 saturated carbocycles. The number of esters is 1. The van der Waals surface area contributed by atoms with Crippen molar-refractivity contribution in [2.75, 3.05) is 7.11 Å². The van der Waals surface area contributed by atoms with Crippen LogP contribution in [0.25, 0.3) is 5.82 Å². The van der Waals surface area contributed by atoms with Crippen molar-refractivity contribution in [1.29, 1.82) is 0 Å². The van der Waals surface area contributed by atoms with E-state index in [2.05, 4.69) is 20.0 Å². The summed E-state index contributed by atoms with van der Waals surface area (Å²) in [5, 5.41) is 11.9. The van der Waals surface area contributed by atoms with E-state index in [1.54, 1.807) is 25.3 Å².